The standard InChI is InChI=1S/C20H33NO/c1-8-11-17-14-18(20(5,6)7)12-13-19(17)22-15-16(4)21(9-2)10-3/h12-14H,4,8-11,15H2,1-3,5-7H3. The van der Waals surface area contributed by atoms with Crippen molar-refractivity contribution in [2.24, 2.45) is 0 Å². The van der Waals surface area contributed by atoms with Gasteiger partial charge in [0.1, 0.15) is 12.4 Å². The second-order valence-electron chi connectivity index (χ2n) is 6.85. The minimum Gasteiger partial charge on any atom is -0.487 e. The lowest BCUT2D eigenvalue weighted by atomic mass is 9.85. The highest BCUT2D eigenvalue weighted by molar-refractivity contribution is 5.40. The molecule has 22 heavy (non-hydrogen) atoms. The largest absolute Gasteiger partial charge is 0.487 e. The van der Waals surface area contributed by atoms with Gasteiger partial charge in [0.05, 0.1) is 0 Å². The molecular formula is C20H33NO. The van der Waals surface area contributed by atoms with Crippen molar-refractivity contribution >= 4 is 0 Å². The Kier molecular flexibility index (Phi) is 6.99. The second kappa shape index (κ2) is 8.26. The van der Waals surface area contributed by atoms with Gasteiger partial charge in [-0.05, 0) is 42.9 Å². The summed E-state index contributed by atoms with van der Waals surface area (Å²) in [6, 6.07) is 6.62. The summed E-state index contributed by atoms with van der Waals surface area (Å²) in [5.41, 5.74) is 3.90. The highest BCUT2D eigenvalue weighted by atomic mass is 16.5. The summed E-state index contributed by atoms with van der Waals surface area (Å²) in [6.07, 6.45) is 2.18. The predicted molar refractivity (Wildman–Crippen MR) is 96.7 cm³/mol. The first kappa shape index (κ1) is 18.6. The van der Waals surface area contributed by atoms with Crippen molar-refractivity contribution in [1.82, 2.24) is 4.90 Å². The van der Waals surface area contributed by atoms with Crippen LogP contribution >= 0.6 is 0 Å². The van der Waals surface area contributed by atoms with Crippen LogP contribution in [0, 0.1) is 0 Å². The molecule has 0 fully saturated rings. The molecule has 0 atom stereocenters. The number of nitrogens with zero attached hydrogens (tertiary/aromatic N) is 1. The number of likely N-dealkylation sites (N-methyl/N-ethyl adjacent to an activating group) is 1. The van der Waals surface area contributed by atoms with Crippen molar-refractivity contribution in [3.63, 3.8) is 0 Å². The molecule has 1 rings (SSSR count). The topological polar surface area (TPSA) is 12.5 Å². The molecule has 0 N–H and O–H groups in total. The first-order chi connectivity index (χ1) is 10.3. The zero-order chi connectivity index (χ0) is 16.8. The van der Waals surface area contributed by atoms with Gasteiger partial charge < -0.3 is 9.64 Å². The lowest BCUT2D eigenvalue weighted by Crippen LogP contribution is -2.25. The maximum absolute atomic E-state index is 6.06. The van der Waals surface area contributed by atoms with E-state index in [1.54, 1.807) is 0 Å². The van der Waals surface area contributed by atoms with E-state index in [-0.39, 0.29) is 5.41 Å². The van der Waals surface area contributed by atoms with E-state index in [2.05, 4.69) is 71.2 Å². The molecule has 0 aliphatic rings. The molecular weight excluding hydrogens is 270 g/mol. The average Bonchev–Trinajstić information content (AvgIpc) is 2.46. The molecule has 0 saturated carbocycles. The van der Waals surface area contributed by atoms with Crippen LogP contribution in [0.3, 0.4) is 0 Å². The molecule has 0 heterocycles. The minimum atomic E-state index is 0.172. The van der Waals surface area contributed by atoms with Gasteiger partial charge in [0, 0.05) is 18.8 Å². The van der Waals surface area contributed by atoms with E-state index in [1.807, 2.05) is 0 Å². The van der Waals surface area contributed by atoms with Gasteiger partial charge in [-0.2, -0.15) is 0 Å². The average molecular weight is 303 g/mol. The summed E-state index contributed by atoms with van der Waals surface area (Å²) in [6.45, 7) is 19.9. The van der Waals surface area contributed by atoms with Gasteiger partial charge in [0.15, 0.2) is 0 Å². The molecule has 0 aromatic heterocycles. The third-order valence-electron chi connectivity index (χ3n) is 4.05. The van der Waals surface area contributed by atoms with E-state index in [9.17, 15) is 0 Å². The van der Waals surface area contributed by atoms with Gasteiger partial charge in [0.25, 0.3) is 0 Å². The minimum absolute atomic E-state index is 0.172. The molecule has 1 aromatic carbocycles. The second-order valence-corrected chi connectivity index (χ2v) is 6.85. The number of benzene rings is 1. The Bertz CT molecular complexity index is 481. The number of rotatable bonds is 8. The molecule has 0 radical (unpaired) electrons. The van der Waals surface area contributed by atoms with Crippen LogP contribution < -0.4 is 4.74 Å². The maximum Gasteiger partial charge on any atom is 0.127 e. The van der Waals surface area contributed by atoms with Crippen LogP contribution in [-0.2, 0) is 11.8 Å². The lowest BCUT2D eigenvalue weighted by molar-refractivity contribution is 0.278. The normalized spacial score (nSPS) is 11.4. The maximum atomic E-state index is 6.06. The van der Waals surface area contributed by atoms with E-state index < -0.39 is 0 Å². The van der Waals surface area contributed by atoms with Crippen molar-refractivity contribution in [3.8, 4) is 5.75 Å². The molecule has 0 amide bonds. The summed E-state index contributed by atoms with van der Waals surface area (Å²) in [7, 11) is 0. The Labute approximate surface area is 137 Å². The van der Waals surface area contributed by atoms with E-state index in [1.165, 1.54) is 11.1 Å². The fourth-order valence-corrected chi connectivity index (χ4v) is 2.57. The van der Waals surface area contributed by atoms with Crippen LogP contribution in [-0.4, -0.2) is 24.6 Å². The number of aryl methyl sites for hydroxylation is 1. The summed E-state index contributed by atoms with van der Waals surface area (Å²) < 4.78 is 6.06. The molecule has 2 heteroatoms. The van der Waals surface area contributed by atoms with Crippen LogP contribution in [0.1, 0.15) is 59.1 Å². The van der Waals surface area contributed by atoms with Crippen molar-refractivity contribution in [1.29, 1.82) is 0 Å². The van der Waals surface area contributed by atoms with Crippen LogP contribution in [0.15, 0.2) is 30.5 Å². The summed E-state index contributed by atoms with van der Waals surface area (Å²) in [4.78, 5) is 2.24. The van der Waals surface area contributed by atoms with Crippen LogP contribution in [0.2, 0.25) is 0 Å². The monoisotopic (exact) mass is 303 g/mol. The molecule has 0 aliphatic heterocycles. The van der Waals surface area contributed by atoms with Gasteiger partial charge in [0.2, 0.25) is 0 Å². The van der Waals surface area contributed by atoms with Crippen LogP contribution in [0.4, 0.5) is 0 Å². The molecule has 0 aliphatic carbocycles. The van der Waals surface area contributed by atoms with Gasteiger partial charge in [-0.25, -0.2) is 0 Å². The van der Waals surface area contributed by atoms with E-state index >= 15 is 0 Å². The third-order valence-corrected chi connectivity index (χ3v) is 4.05. The SMILES string of the molecule is C=C(COc1ccc(C(C)(C)C)cc1CCC)N(CC)CC. The highest BCUT2D eigenvalue weighted by Gasteiger charge is 2.16. The fourth-order valence-electron chi connectivity index (χ4n) is 2.57. The first-order valence-corrected chi connectivity index (χ1v) is 8.52. The zero-order valence-electron chi connectivity index (χ0n) is 15.3. The number of hydrogen-bond acceptors (Lipinski definition) is 2. The Balaban J connectivity index is 2.88. The Morgan fingerprint density at radius 1 is 1.14 bits per heavy atom. The van der Waals surface area contributed by atoms with Gasteiger partial charge in [-0.3, -0.25) is 0 Å². The summed E-state index contributed by atoms with van der Waals surface area (Å²) >= 11 is 0. The molecule has 0 saturated heterocycles. The molecule has 0 bridgehead atoms. The number of ether oxygens (including phenoxy) is 1. The fraction of sp³-hybridized carbons (Fsp3) is 0.600. The van der Waals surface area contributed by atoms with Crippen LogP contribution in [0.5, 0.6) is 5.75 Å². The van der Waals surface area contributed by atoms with Gasteiger partial charge in [-0.1, -0.05) is 52.8 Å². The van der Waals surface area contributed by atoms with Crippen molar-refractivity contribution in [2.75, 3.05) is 19.7 Å². The van der Waals surface area contributed by atoms with Crippen LogP contribution in [0.25, 0.3) is 0 Å². The van der Waals surface area contributed by atoms with Gasteiger partial charge >= 0.3 is 0 Å². The highest BCUT2D eigenvalue weighted by Crippen LogP contribution is 2.29. The molecule has 1 aromatic rings. The smallest absolute Gasteiger partial charge is 0.127 e. The van der Waals surface area contributed by atoms with Crippen molar-refractivity contribution in [3.05, 3.63) is 41.6 Å². The summed E-state index contributed by atoms with van der Waals surface area (Å²) in [5.74, 6) is 1.00. The third kappa shape index (κ3) is 5.08. The Hall–Kier alpha value is -1.44. The predicted octanol–water partition coefficient (Wildman–Crippen LogP) is 5.17. The Morgan fingerprint density at radius 2 is 1.77 bits per heavy atom. The zero-order valence-corrected chi connectivity index (χ0v) is 15.3. The number of hydrogen-bond donors (Lipinski definition) is 0. The van der Waals surface area contributed by atoms with E-state index in [0.29, 0.717) is 6.61 Å². The molecule has 124 valence electrons. The van der Waals surface area contributed by atoms with Crippen molar-refractivity contribution < 1.29 is 4.74 Å². The molecule has 0 unspecified atom stereocenters. The first-order valence-electron chi connectivity index (χ1n) is 8.52. The quantitative estimate of drug-likeness (QED) is 0.657. The Morgan fingerprint density at radius 3 is 2.27 bits per heavy atom. The molecule has 0 spiro atoms. The van der Waals surface area contributed by atoms with Crippen molar-refractivity contribution in [2.45, 2.75) is 59.8 Å². The molecule has 2 nitrogen and oxygen atoms in total. The van der Waals surface area contributed by atoms with E-state index in [4.69, 9.17) is 4.74 Å². The summed E-state index contributed by atoms with van der Waals surface area (Å²) in [5, 5.41) is 0. The van der Waals surface area contributed by atoms with E-state index in [0.717, 1.165) is 37.4 Å². The lowest BCUT2D eigenvalue weighted by Gasteiger charge is -2.25. The van der Waals surface area contributed by atoms with Gasteiger partial charge in [-0.15, -0.1) is 0 Å².